The van der Waals surface area contributed by atoms with Crippen molar-refractivity contribution in [2.45, 2.75) is 6.92 Å². The molecule has 3 heteroatoms. The van der Waals surface area contributed by atoms with Gasteiger partial charge in [0.2, 0.25) is 0 Å². The first-order valence-corrected chi connectivity index (χ1v) is 3.89. The average molecular weight is 176 g/mol. The minimum absolute atomic E-state index is 0.0376. The van der Waals surface area contributed by atoms with E-state index in [4.69, 9.17) is 9.52 Å². The van der Waals surface area contributed by atoms with Crippen molar-refractivity contribution in [1.82, 2.24) is 0 Å². The Morgan fingerprint density at radius 2 is 2.23 bits per heavy atom. The zero-order chi connectivity index (χ0) is 9.42. The number of hydrogen-bond acceptors (Lipinski definition) is 3. The lowest BCUT2D eigenvalue weighted by molar-refractivity contribution is 0.101. The van der Waals surface area contributed by atoms with Crippen molar-refractivity contribution in [3.8, 4) is 5.75 Å². The van der Waals surface area contributed by atoms with Gasteiger partial charge in [-0.25, -0.2) is 0 Å². The second-order valence-corrected chi connectivity index (χ2v) is 2.89. The molecule has 0 unspecified atom stereocenters. The molecule has 0 atom stereocenters. The molecule has 0 aliphatic heterocycles. The van der Waals surface area contributed by atoms with E-state index in [1.807, 2.05) is 0 Å². The second-order valence-electron chi connectivity index (χ2n) is 2.89. The number of rotatable bonds is 1. The highest BCUT2D eigenvalue weighted by Crippen LogP contribution is 2.24. The van der Waals surface area contributed by atoms with Crippen LogP contribution in [0.1, 0.15) is 17.3 Å². The van der Waals surface area contributed by atoms with Gasteiger partial charge in [-0.1, -0.05) is 0 Å². The number of Topliss-reactive ketones (excluding diaryl/α,β-unsaturated/α-hetero) is 1. The fourth-order valence-corrected chi connectivity index (χ4v) is 1.29. The lowest BCUT2D eigenvalue weighted by atomic mass is 10.1. The van der Waals surface area contributed by atoms with Gasteiger partial charge in [0.05, 0.1) is 5.56 Å². The van der Waals surface area contributed by atoms with E-state index >= 15 is 0 Å². The highest BCUT2D eigenvalue weighted by Gasteiger charge is 2.09. The number of phenols is 1. The smallest absolute Gasteiger partial charge is 0.163 e. The SMILES string of the molecule is CC(=O)c1coc2cc(O)ccc12. The molecule has 0 spiro atoms. The number of phenolic OH excluding ortho intramolecular Hbond substituents is 1. The Hall–Kier alpha value is -1.77. The van der Waals surface area contributed by atoms with Crippen molar-refractivity contribution in [2.75, 3.05) is 0 Å². The van der Waals surface area contributed by atoms with E-state index in [1.165, 1.54) is 25.3 Å². The molecule has 0 aliphatic rings. The Labute approximate surface area is 74.6 Å². The molecule has 0 amide bonds. The monoisotopic (exact) mass is 176 g/mol. The van der Waals surface area contributed by atoms with Crippen molar-refractivity contribution in [3.63, 3.8) is 0 Å². The molecule has 0 bridgehead atoms. The summed E-state index contributed by atoms with van der Waals surface area (Å²) in [6, 6.07) is 4.69. The van der Waals surface area contributed by atoms with Crippen molar-refractivity contribution in [2.24, 2.45) is 0 Å². The predicted molar refractivity (Wildman–Crippen MR) is 47.9 cm³/mol. The van der Waals surface area contributed by atoms with Gasteiger partial charge in [0.25, 0.3) is 0 Å². The first-order valence-electron chi connectivity index (χ1n) is 3.89. The van der Waals surface area contributed by atoms with Crippen LogP contribution in [0.2, 0.25) is 0 Å². The van der Waals surface area contributed by atoms with Gasteiger partial charge in [-0.15, -0.1) is 0 Å². The molecule has 0 saturated carbocycles. The zero-order valence-electron chi connectivity index (χ0n) is 7.07. The summed E-state index contributed by atoms with van der Waals surface area (Å²) >= 11 is 0. The summed E-state index contributed by atoms with van der Waals surface area (Å²) in [6.45, 7) is 1.48. The van der Waals surface area contributed by atoms with Gasteiger partial charge >= 0.3 is 0 Å². The maximum atomic E-state index is 11.1. The van der Waals surface area contributed by atoms with Crippen LogP contribution >= 0.6 is 0 Å². The minimum atomic E-state index is -0.0376. The van der Waals surface area contributed by atoms with E-state index in [2.05, 4.69) is 0 Å². The van der Waals surface area contributed by atoms with Crippen LogP contribution in [-0.4, -0.2) is 10.9 Å². The summed E-state index contributed by atoms with van der Waals surface area (Å²) in [5.74, 6) is 0.0985. The first-order chi connectivity index (χ1) is 6.18. The number of carbonyl (C=O) groups is 1. The van der Waals surface area contributed by atoms with Crippen LogP contribution in [0.15, 0.2) is 28.9 Å². The fourth-order valence-electron chi connectivity index (χ4n) is 1.29. The topological polar surface area (TPSA) is 50.4 Å². The first kappa shape index (κ1) is 7.86. The average Bonchev–Trinajstić information content (AvgIpc) is 2.46. The van der Waals surface area contributed by atoms with E-state index in [1.54, 1.807) is 6.07 Å². The number of fused-ring (bicyclic) bond motifs is 1. The van der Waals surface area contributed by atoms with Crippen LogP contribution in [0.25, 0.3) is 11.0 Å². The third kappa shape index (κ3) is 1.18. The summed E-state index contributed by atoms with van der Waals surface area (Å²) in [4.78, 5) is 11.1. The fraction of sp³-hybridized carbons (Fsp3) is 0.100. The highest BCUT2D eigenvalue weighted by molar-refractivity contribution is 6.06. The molecule has 1 N–H and O–H groups in total. The van der Waals surface area contributed by atoms with Crippen molar-refractivity contribution >= 4 is 16.8 Å². The van der Waals surface area contributed by atoms with Crippen LogP contribution in [0.4, 0.5) is 0 Å². The molecule has 0 saturated heterocycles. The molecule has 13 heavy (non-hydrogen) atoms. The van der Waals surface area contributed by atoms with Crippen LogP contribution in [-0.2, 0) is 0 Å². The summed E-state index contributed by atoms with van der Waals surface area (Å²) < 4.78 is 5.11. The number of furan rings is 1. The van der Waals surface area contributed by atoms with Gasteiger partial charge in [0, 0.05) is 11.5 Å². The van der Waals surface area contributed by atoms with Gasteiger partial charge in [0.1, 0.15) is 17.6 Å². The Morgan fingerprint density at radius 3 is 2.92 bits per heavy atom. The minimum Gasteiger partial charge on any atom is -0.508 e. The standard InChI is InChI=1S/C10H8O3/c1-6(11)9-5-13-10-4-7(12)2-3-8(9)10/h2-5,12H,1H3. The van der Waals surface area contributed by atoms with Crippen LogP contribution < -0.4 is 0 Å². The number of hydrogen-bond donors (Lipinski definition) is 1. The molecular weight excluding hydrogens is 168 g/mol. The van der Waals surface area contributed by atoms with E-state index in [0.29, 0.717) is 11.1 Å². The van der Waals surface area contributed by atoms with Crippen LogP contribution in [0.3, 0.4) is 0 Å². The maximum Gasteiger partial charge on any atom is 0.163 e. The summed E-state index contributed by atoms with van der Waals surface area (Å²) in [7, 11) is 0. The third-order valence-electron chi connectivity index (χ3n) is 1.94. The maximum absolute atomic E-state index is 11.1. The largest absolute Gasteiger partial charge is 0.508 e. The van der Waals surface area contributed by atoms with E-state index in [-0.39, 0.29) is 11.5 Å². The van der Waals surface area contributed by atoms with Gasteiger partial charge in [0.15, 0.2) is 5.78 Å². The van der Waals surface area contributed by atoms with E-state index in [0.717, 1.165) is 5.39 Å². The molecule has 1 heterocycles. The third-order valence-corrected chi connectivity index (χ3v) is 1.94. The molecule has 2 aromatic rings. The lowest BCUT2D eigenvalue weighted by Gasteiger charge is -1.91. The molecule has 66 valence electrons. The summed E-state index contributed by atoms with van der Waals surface area (Å²) in [5, 5.41) is 9.87. The molecule has 1 aromatic carbocycles. The second kappa shape index (κ2) is 2.62. The van der Waals surface area contributed by atoms with Gasteiger partial charge in [-0.3, -0.25) is 4.79 Å². The van der Waals surface area contributed by atoms with E-state index < -0.39 is 0 Å². The Bertz CT molecular complexity index is 468. The van der Waals surface area contributed by atoms with Crippen LogP contribution in [0.5, 0.6) is 5.75 Å². The Balaban J connectivity index is 2.76. The molecular formula is C10H8O3. The Morgan fingerprint density at radius 1 is 1.46 bits per heavy atom. The van der Waals surface area contributed by atoms with Crippen molar-refractivity contribution in [1.29, 1.82) is 0 Å². The molecule has 0 aliphatic carbocycles. The lowest BCUT2D eigenvalue weighted by Crippen LogP contribution is -1.87. The zero-order valence-corrected chi connectivity index (χ0v) is 7.07. The van der Waals surface area contributed by atoms with Gasteiger partial charge in [-0.2, -0.15) is 0 Å². The summed E-state index contributed by atoms with van der Waals surface area (Å²) in [6.07, 6.45) is 1.41. The predicted octanol–water partition coefficient (Wildman–Crippen LogP) is 2.34. The molecule has 1 aromatic heterocycles. The highest BCUT2D eigenvalue weighted by atomic mass is 16.3. The molecule has 3 nitrogen and oxygen atoms in total. The quantitative estimate of drug-likeness (QED) is 0.678. The summed E-state index contributed by atoms with van der Waals surface area (Å²) in [5.41, 5.74) is 1.08. The van der Waals surface area contributed by atoms with Crippen molar-refractivity contribution in [3.05, 3.63) is 30.0 Å². The van der Waals surface area contributed by atoms with Crippen LogP contribution in [0, 0.1) is 0 Å². The number of aromatic hydroxyl groups is 1. The number of ketones is 1. The van der Waals surface area contributed by atoms with Gasteiger partial charge in [-0.05, 0) is 19.1 Å². The molecule has 0 radical (unpaired) electrons. The van der Waals surface area contributed by atoms with Gasteiger partial charge < -0.3 is 9.52 Å². The Kier molecular flexibility index (Phi) is 1.59. The van der Waals surface area contributed by atoms with Crippen molar-refractivity contribution < 1.29 is 14.3 Å². The molecule has 0 fully saturated rings. The molecule has 2 rings (SSSR count). The number of carbonyl (C=O) groups excluding carboxylic acids is 1. The number of benzene rings is 1. The van der Waals surface area contributed by atoms with E-state index in [9.17, 15) is 4.79 Å². The normalized spacial score (nSPS) is 10.5.